The maximum atomic E-state index is 12.1. The highest BCUT2D eigenvalue weighted by Gasteiger charge is 2.18. The number of carbonyl (C=O) groups is 1. The average Bonchev–Trinajstić information content (AvgIpc) is 2.60. The zero-order valence-electron chi connectivity index (χ0n) is 13.6. The number of hydrogen-bond acceptors (Lipinski definition) is 6. The van der Waals surface area contributed by atoms with Crippen LogP contribution in [0.4, 0.5) is 0 Å². The van der Waals surface area contributed by atoms with Crippen molar-refractivity contribution in [3.63, 3.8) is 0 Å². The second-order valence-electron chi connectivity index (χ2n) is 4.85. The largest absolute Gasteiger partial charge is 0.493 e. The highest BCUT2D eigenvalue weighted by Crippen LogP contribution is 2.26. The van der Waals surface area contributed by atoms with Crippen LogP contribution in [-0.4, -0.2) is 34.8 Å². The fourth-order valence-corrected chi connectivity index (χ4v) is 2.80. The Hall–Kier alpha value is -2.91. The maximum absolute atomic E-state index is 12.1. The van der Waals surface area contributed by atoms with Gasteiger partial charge in [0.25, 0.3) is 5.91 Å². The number of rotatable bonds is 6. The number of carbonyl (C=O) groups excluding carboxylic acids is 1. The molecule has 2 rings (SSSR count). The molecule has 9 heteroatoms. The summed E-state index contributed by atoms with van der Waals surface area (Å²) in [4.78, 5) is 11.9. The molecular weight excluding hydrogens is 346 g/mol. The third-order valence-electron chi connectivity index (χ3n) is 3.23. The molecule has 0 aliphatic rings. The first kappa shape index (κ1) is 18.4. The molecule has 0 unspecified atom stereocenters. The molecule has 2 aromatic carbocycles. The van der Waals surface area contributed by atoms with Gasteiger partial charge in [-0.15, -0.1) is 0 Å². The summed E-state index contributed by atoms with van der Waals surface area (Å²) in [5, 5.41) is 8.92. The number of ether oxygens (including phenoxy) is 2. The molecule has 0 saturated heterocycles. The Morgan fingerprint density at radius 3 is 2.44 bits per heavy atom. The van der Waals surface area contributed by atoms with Crippen LogP contribution in [0, 0.1) is 0 Å². The first-order valence-electron chi connectivity index (χ1n) is 7.04. The van der Waals surface area contributed by atoms with Crippen molar-refractivity contribution in [1.29, 1.82) is 0 Å². The van der Waals surface area contributed by atoms with Gasteiger partial charge in [-0.25, -0.2) is 19.0 Å². The number of hydrazone groups is 1. The zero-order chi connectivity index (χ0) is 18.4. The van der Waals surface area contributed by atoms with Gasteiger partial charge in [-0.2, -0.15) is 5.10 Å². The second-order valence-corrected chi connectivity index (χ2v) is 6.38. The molecule has 1 amide bonds. The summed E-state index contributed by atoms with van der Waals surface area (Å²) in [6, 6.07) is 10.7. The van der Waals surface area contributed by atoms with Gasteiger partial charge >= 0.3 is 0 Å². The molecule has 0 aliphatic heterocycles. The number of primary sulfonamides is 1. The molecule has 0 saturated carbocycles. The Balaban J connectivity index is 2.17. The SMILES string of the molecule is COc1ccc(/C=N/NC(=O)c2ccccc2S(N)(=O)=O)cc1OC. The van der Waals surface area contributed by atoms with Gasteiger partial charge in [-0.1, -0.05) is 12.1 Å². The summed E-state index contributed by atoms with van der Waals surface area (Å²) in [7, 11) is -0.988. The second kappa shape index (κ2) is 7.77. The number of nitrogens with two attached hydrogens (primary N) is 1. The summed E-state index contributed by atoms with van der Waals surface area (Å²) in [5.41, 5.74) is 2.83. The molecule has 0 bridgehead atoms. The van der Waals surface area contributed by atoms with Crippen LogP contribution in [0.25, 0.3) is 0 Å². The van der Waals surface area contributed by atoms with E-state index in [2.05, 4.69) is 10.5 Å². The van der Waals surface area contributed by atoms with Crippen LogP contribution in [0.5, 0.6) is 11.5 Å². The van der Waals surface area contributed by atoms with Gasteiger partial charge in [0, 0.05) is 0 Å². The lowest BCUT2D eigenvalue weighted by Gasteiger charge is -2.07. The number of sulfonamides is 1. The van der Waals surface area contributed by atoms with E-state index < -0.39 is 15.9 Å². The molecule has 8 nitrogen and oxygen atoms in total. The minimum absolute atomic E-state index is 0.0885. The molecule has 0 radical (unpaired) electrons. The summed E-state index contributed by atoms with van der Waals surface area (Å²) >= 11 is 0. The van der Waals surface area contributed by atoms with E-state index >= 15 is 0 Å². The number of amides is 1. The maximum Gasteiger partial charge on any atom is 0.272 e. The van der Waals surface area contributed by atoms with E-state index in [-0.39, 0.29) is 10.5 Å². The minimum atomic E-state index is -4.02. The van der Waals surface area contributed by atoms with Crippen LogP contribution in [0.1, 0.15) is 15.9 Å². The fourth-order valence-electron chi connectivity index (χ4n) is 2.06. The number of nitrogens with zero attached hydrogens (tertiary/aromatic N) is 1. The lowest BCUT2D eigenvalue weighted by Crippen LogP contribution is -2.23. The predicted molar refractivity (Wildman–Crippen MR) is 92.4 cm³/mol. The number of methoxy groups -OCH3 is 2. The Morgan fingerprint density at radius 1 is 1.12 bits per heavy atom. The van der Waals surface area contributed by atoms with Crippen molar-refractivity contribution in [3.05, 3.63) is 53.6 Å². The summed E-state index contributed by atoms with van der Waals surface area (Å²) in [5.74, 6) is 0.379. The van der Waals surface area contributed by atoms with Crippen LogP contribution < -0.4 is 20.0 Å². The third-order valence-corrected chi connectivity index (χ3v) is 4.19. The van der Waals surface area contributed by atoms with Crippen LogP contribution in [0.15, 0.2) is 52.5 Å². The van der Waals surface area contributed by atoms with E-state index in [4.69, 9.17) is 14.6 Å². The Morgan fingerprint density at radius 2 is 1.80 bits per heavy atom. The monoisotopic (exact) mass is 363 g/mol. The van der Waals surface area contributed by atoms with Crippen molar-refractivity contribution in [2.45, 2.75) is 4.90 Å². The Bertz CT molecular complexity index is 910. The van der Waals surface area contributed by atoms with E-state index in [1.54, 1.807) is 18.2 Å². The molecule has 3 N–H and O–H groups in total. The van der Waals surface area contributed by atoms with Gasteiger partial charge in [-0.3, -0.25) is 4.79 Å². The molecular formula is C16H17N3O5S. The van der Waals surface area contributed by atoms with Crippen molar-refractivity contribution in [3.8, 4) is 11.5 Å². The highest BCUT2D eigenvalue weighted by atomic mass is 32.2. The molecule has 0 aromatic heterocycles. The van der Waals surface area contributed by atoms with E-state index in [1.165, 1.54) is 44.7 Å². The molecule has 0 heterocycles. The number of nitrogens with one attached hydrogen (secondary N) is 1. The van der Waals surface area contributed by atoms with Crippen LogP contribution in [0.3, 0.4) is 0 Å². The predicted octanol–water partition coefficient (Wildman–Crippen LogP) is 1.12. The van der Waals surface area contributed by atoms with Crippen molar-refractivity contribution < 1.29 is 22.7 Å². The fraction of sp³-hybridized carbons (Fsp3) is 0.125. The summed E-state index contributed by atoms with van der Waals surface area (Å²) < 4.78 is 33.3. The smallest absolute Gasteiger partial charge is 0.272 e. The number of benzene rings is 2. The van der Waals surface area contributed by atoms with Gasteiger partial charge in [0.05, 0.1) is 30.9 Å². The average molecular weight is 363 g/mol. The van der Waals surface area contributed by atoms with Crippen molar-refractivity contribution >= 4 is 22.1 Å². The first-order chi connectivity index (χ1) is 11.9. The van der Waals surface area contributed by atoms with E-state index in [0.717, 1.165) is 0 Å². The Labute approximate surface area is 145 Å². The van der Waals surface area contributed by atoms with Crippen LogP contribution >= 0.6 is 0 Å². The molecule has 0 fully saturated rings. The van der Waals surface area contributed by atoms with Crippen LogP contribution in [-0.2, 0) is 10.0 Å². The number of hydrogen-bond donors (Lipinski definition) is 2. The quantitative estimate of drug-likeness (QED) is 0.588. The van der Waals surface area contributed by atoms with Crippen molar-refractivity contribution in [1.82, 2.24) is 5.43 Å². The lowest BCUT2D eigenvalue weighted by molar-refractivity contribution is 0.0952. The Kier molecular flexibility index (Phi) is 5.73. The molecule has 25 heavy (non-hydrogen) atoms. The molecule has 0 atom stereocenters. The van der Waals surface area contributed by atoms with Crippen molar-refractivity contribution in [2.24, 2.45) is 10.2 Å². The van der Waals surface area contributed by atoms with Gasteiger partial charge in [0.15, 0.2) is 11.5 Å². The van der Waals surface area contributed by atoms with E-state index in [1.807, 2.05) is 0 Å². The van der Waals surface area contributed by atoms with Gasteiger partial charge in [0.2, 0.25) is 10.0 Å². The minimum Gasteiger partial charge on any atom is -0.493 e. The van der Waals surface area contributed by atoms with Gasteiger partial charge < -0.3 is 9.47 Å². The topological polar surface area (TPSA) is 120 Å². The highest BCUT2D eigenvalue weighted by molar-refractivity contribution is 7.89. The van der Waals surface area contributed by atoms with Crippen LogP contribution in [0.2, 0.25) is 0 Å². The normalized spacial score (nSPS) is 11.3. The third kappa shape index (κ3) is 4.55. The first-order valence-corrected chi connectivity index (χ1v) is 8.58. The van der Waals surface area contributed by atoms with Gasteiger partial charge in [-0.05, 0) is 35.9 Å². The summed E-state index contributed by atoms with van der Waals surface area (Å²) in [6.07, 6.45) is 1.39. The zero-order valence-corrected chi connectivity index (χ0v) is 14.4. The molecule has 0 spiro atoms. The van der Waals surface area contributed by atoms with Gasteiger partial charge in [0.1, 0.15) is 0 Å². The standard InChI is InChI=1S/C16H17N3O5S/c1-23-13-8-7-11(9-14(13)24-2)10-18-19-16(20)12-5-3-4-6-15(12)25(17,21)22/h3-10H,1-2H3,(H,19,20)(H2,17,21,22)/b18-10+. The molecule has 2 aromatic rings. The molecule has 132 valence electrons. The van der Waals surface area contributed by atoms with Crippen molar-refractivity contribution in [2.75, 3.05) is 14.2 Å². The summed E-state index contributed by atoms with van der Waals surface area (Å²) in [6.45, 7) is 0. The van der Waals surface area contributed by atoms with E-state index in [0.29, 0.717) is 17.1 Å². The van der Waals surface area contributed by atoms with E-state index in [9.17, 15) is 13.2 Å². The lowest BCUT2D eigenvalue weighted by atomic mass is 10.2. The molecule has 0 aliphatic carbocycles.